The van der Waals surface area contributed by atoms with E-state index in [1.165, 1.54) is 0 Å². The molecule has 0 spiro atoms. The molecule has 0 saturated carbocycles. The third kappa shape index (κ3) is 6.96. The van der Waals surface area contributed by atoms with E-state index in [9.17, 15) is 15.0 Å². The first kappa shape index (κ1) is 23.0. The van der Waals surface area contributed by atoms with Crippen molar-refractivity contribution in [2.75, 3.05) is 6.61 Å². The Kier molecular flexibility index (Phi) is 9.09. The van der Waals surface area contributed by atoms with Crippen molar-refractivity contribution in [1.29, 1.82) is 0 Å². The fourth-order valence-corrected chi connectivity index (χ4v) is 4.51. The monoisotopic (exact) mass is 623 g/mol. The number of carbonyl (C=O) groups is 1. The lowest BCUT2D eigenvalue weighted by Crippen LogP contribution is -2.21. The molecule has 0 amide bonds. The molecule has 2 aromatic carbocycles. The van der Waals surface area contributed by atoms with E-state index in [2.05, 4.69) is 50.2 Å². The molecule has 8 heteroatoms. The number of hydrogen-bond acceptors (Lipinski definition) is 5. The molecule has 0 radical (unpaired) electrons. The molecule has 0 aliphatic heterocycles. The first-order valence-electron chi connectivity index (χ1n) is 8.52. The maximum Gasteiger partial charge on any atom is 0.353 e. The average Bonchev–Trinajstić information content (AvgIpc) is 2.65. The van der Waals surface area contributed by atoms with Gasteiger partial charge in [-0.3, -0.25) is 0 Å². The predicted octanol–water partition coefficient (Wildman–Crippen LogP) is 4.81. The molecule has 0 unspecified atom stereocenters. The molecule has 0 aromatic heterocycles. The lowest BCUT2D eigenvalue weighted by Gasteiger charge is -2.08. The zero-order valence-corrected chi connectivity index (χ0v) is 20.2. The van der Waals surface area contributed by atoms with Gasteiger partial charge in [0.15, 0.2) is 0 Å². The van der Waals surface area contributed by atoms with Crippen molar-refractivity contribution in [2.24, 2.45) is 4.99 Å². The number of benzene rings is 2. The van der Waals surface area contributed by atoms with Crippen LogP contribution < -0.4 is 0 Å². The summed E-state index contributed by atoms with van der Waals surface area (Å²) < 4.78 is 6.67. The lowest BCUT2D eigenvalue weighted by molar-refractivity contribution is -0.135. The number of ether oxygens (including phenoxy) is 1. The molecule has 0 atom stereocenters. The van der Waals surface area contributed by atoms with Gasteiger partial charge in [-0.2, -0.15) is 0 Å². The summed E-state index contributed by atoms with van der Waals surface area (Å²) in [5, 5.41) is 19.3. The van der Waals surface area contributed by atoms with Crippen LogP contribution in [0, 0.1) is 7.14 Å². The number of aryl methyl sites for hydroxylation is 1. The Balaban J connectivity index is 2.12. The van der Waals surface area contributed by atoms with Gasteiger partial charge in [0.05, 0.1) is 13.7 Å². The van der Waals surface area contributed by atoms with Crippen molar-refractivity contribution in [2.45, 2.75) is 26.2 Å². The van der Waals surface area contributed by atoms with E-state index in [0.717, 1.165) is 18.3 Å². The van der Waals surface area contributed by atoms with Crippen molar-refractivity contribution < 1.29 is 19.7 Å². The molecule has 2 aromatic rings. The van der Waals surface area contributed by atoms with Crippen LogP contribution in [0.2, 0.25) is 0 Å². The molecule has 0 aliphatic carbocycles. The van der Waals surface area contributed by atoms with Crippen LogP contribution in [-0.4, -0.2) is 33.5 Å². The maximum atomic E-state index is 12.3. The van der Waals surface area contributed by atoms with Gasteiger partial charge in [-0.05, 0) is 93.9 Å². The fourth-order valence-electron chi connectivity index (χ4n) is 2.40. The molecular weight excluding hydrogens is 604 g/mol. The number of thiocarbonyl (C=S) groups is 1. The number of phenolic OH excluding ortho intramolecular Hbond substituents is 2. The number of aromatic hydroxyl groups is 2. The number of carbonyl (C=O) groups excluding carboxylic acids is 1. The van der Waals surface area contributed by atoms with Gasteiger partial charge in [-0.15, -0.1) is 0 Å². The largest absolute Gasteiger partial charge is 0.508 e. The average molecular weight is 623 g/mol. The molecule has 5 nitrogen and oxygen atoms in total. The molecule has 2 N–H and O–H groups in total. The van der Waals surface area contributed by atoms with Gasteiger partial charge in [-0.25, -0.2) is 9.79 Å². The predicted molar refractivity (Wildman–Crippen MR) is 130 cm³/mol. The Morgan fingerprint density at radius 3 is 2.29 bits per heavy atom. The van der Waals surface area contributed by atoms with Gasteiger partial charge in [0.25, 0.3) is 0 Å². The molecule has 2 rings (SSSR count). The molecule has 0 bridgehead atoms. The van der Waals surface area contributed by atoms with Crippen LogP contribution in [-0.2, 0) is 22.4 Å². The molecule has 148 valence electrons. The van der Waals surface area contributed by atoms with Crippen molar-refractivity contribution >= 4 is 74.1 Å². The van der Waals surface area contributed by atoms with E-state index >= 15 is 0 Å². The Morgan fingerprint density at radius 1 is 1.11 bits per heavy atom. The molecule has 0 heterocycles. The third-order valence-corrected chi connectivity index (χ3v) is 5.72. The number of halogens is 2. The molecule has 0 aliphatic rings. The van der Waals surface area contributed by atoms with Crippen LogP contribution in [0.4, 0.5) is 0 Å². The highest BCUT2D eigenvalue weighted by atomic mass is 127. The van der Waals surface area contributed by atoms with Crippen LogP contribution in [0.25, 0.3) is 0 Å². The van der Waals surface area contributed by atoms with Gasteiger partial charge in [0.1, 0.15) is 22.2 Å². The Bertz CT molecular complexity index is 875. The van der Waals surface area contributed by atoms with E-state index in [1.54, 1.807) is 31.2 Å². The van der Waals surface area contributed by atoms with Crippen LogP contribution in [0.3, 0.4) is 0 Å². The van der Waals surface area contributed by atoms with Crippen molar-refractivity contribution in [3.8, 4) is 11.5 Å². The number of rotatable bonds is 7. The summed E-state index contributed by atoms with van der Waals surface area (Å²) in [5.41, 5.74) is 2.11. The van der Waals surface area contributed by atoms with Crippen molar-refractivity contribution in [3.05, 3.63) is 54.7 Å². The summed E-state index contributed by atoms with van der Waals surface area (Å²) in [6, 6.07) is 10.4. The van der Waals surface area contributed by atoms with Gasteiger partial charge in [0, 0.05) is 12.8 Å². The van der Waals surface area contributed by atoms with Gasteiger partial charge < -0.3 is 14.9 Å². The Morgan fingerprint density at radius 2 is 1.71 bits per heavy atom. The Labute approximate surface area is 196 Å². The quantitative estimate of drug-likeness (QED) is 0.201. The van der Waals surface area contributed by atoms with E-state index in [-0.39, 0.29) is 30.2 Å². The minimum absolute atomic E-state index is 0.159. The summed E-state index contributed by atoms with van der Waals surface area (Å²) in [7, 11) is 0. The van der Waals surface area contributed by atoms with Crippen LogP contribution in [0.5, 0.6) is 11.5 Å². The van der Waals surface area contributed by atoms with Gasteiger partial charge >= 0.3 is 5.97 Å². The Hall–Kier alpha value is -1.27. The minimum atomic E-state index is -0.494. The maximum absolute atomic E-state index is 12.3. The van der Waals surface area contributed by atoms with Gasteiger partial charge in [-0.1, -0.05) is 24.4 Å². The fraction of sp³-hybridized carbons (Fsp3) is 0.250. The number of hydrogen-bond donors (Lipinski definition) is 2. The second kappa shape index (κ2) is 11.1. The third-order valence-electron chi connectivity index (χ3n) is 3.78. The topological polar surface area (TPSA) is 79.1 Å². The highest BCUT2D eigenvalue weighted by Gasteiger charge is 2.15. The highest BCUT2D eigenvalue weighted by molar-refractivity contribution is 14.1. The molecule has 0 saturated heterocycles. The van der Waals surface area contributed by atoms with E-state index in [0.29, 0.717) is 17.8 Å². The number of aliphatic imine (C=N–C) groups is 1. The summed E-state index contributed by atoms with van der Waals surface area (Å²) in [6.07, 6.45) is 1.43. The van der Waals surface area contributed by atoms with Crippen LogP contribution in [0.1, 0.15) is 24.5 Å². The van der Waals surface area contributed by atoms with E-state index < -0.39 is 5.97 Å². The molecular formula is C20H19I2NO4S. The van der Waals surface area contributed by atoms with Crippen molar-refractivity contribution in [1.82, 2.24) is 0 Å². The molecule has 0 fully saturated rings. The van der Waals surface area contributed by atoms with Crippen LogP contribution >= 0.6 is 57.4 Å². The summed E-state index contributed by atoms with van der Waals surface area (Å²) in [6.45, 7) is 1.99. The first-order chi connectivity index (χ1) is 13.3. The lowest BCUT2D eigenvalue weighted by atomic mass is 10.1. The summed E-state index contributed by atoms with van der Waals surface area (Å²) in [5.74, 6) is -0.0530. The summed E-state index contributed by atoms with van der Waals surface area (Å²) in [4.78, 5) is 17.0. The number of phenols is 2. The second-order valence-corrected chi connectivity index (χ2v) is 8.72. The SMILES string of the molecule is CCOC(=O)C(Cc1ccc(O)cc1)=NC(=S)CCc1cc(I)c(O)c(I)c1. The number of esters is 1. The summed E-state index contributed by atoms with van der Waals surface area (Å²) >= 11 is 9.55. The van der Waals surface area contributed by atoms with Gasteiger partial charge in [0.2, 0.25) is 0 Å². The number of nitrogens with zero attached hydrogens (tertiary/aromatic N) is 1. The minimum Gasteiger partial charge on any atom is -0.508 e. The standard InChI is InChI=1S/C20H19I2NO4S/c1-2-27-20(26)17(11-12-3-6-14(24)7-4-12)23-18(28)8-5-13-9-15(21)19(25)16(22)10-13/h3-4,6-7,9-10,24-25H,2,5,8,11H2,1H3. The van der Waals surface area contributed by atoms with Crippen molar-refractivity contribution in [3.63, 3.8) is 0 Å². The second-order valence-electron chi connectivity index (χ2n) is 5.92. The molecule has 28 heavy (non-hydrogen) atoms. The van der Waals surface area contributed by atoms with E-state index in [4.69, 9.17) is 17.0 Å². The smallest absolute Gasteiger partial charge is 0.353 e. The van der Waals surface area contributed by atoms with E-state index in [1.807, 2.05) is 12.1 Å². The highest BCUT2D eigenvalue weighted by Crippen LogP contribution is 2.27. The first-order valence-corrected chi connectivity index (χ1v) is 11.1. The zero-order valence-electron chi connectivity index (χ0n) is 15.1. The zero-order chi connectivity index (χ0) is 20.7. The van der Waals surface area contributed by atoms with Crippen LogP contribution in [0.15, 0.2) is 41.4 Å². The normalized spacial score (nSPS) is 11.3.